The Bertz CT molecular complexity index is 1710. The number of anilines is 3. The molecular formula is C25H19N7O2S. The summed E-state index contributed by atoms with van der Waals surface area (Å²) >= 11 is 1.29. The van der Waals surface area contributed by atoms with Crippen LogP contribution in [0.1, 0.15) is 11.3 Å². The lowest BCUT2D eigenvalue weighted by molar-refractivity contribution is -0.110. The highest BCUT2D eigenvalue weighted by molar-refractivity contribution is 7.25. The standard InChI is InChI=1S/C25H19N7O2S/c1-14-13-15(2)26-23-18(14)19-20(35-23)24(34)32-25(28-19)31(17-11-7-4-8-12-17)29-21(30-32)22(33)27-16-9-5-3-6-10-16/h3-13H,1-2H3,(H,27,33)(H,29,30). The maximum Gasteiger partial charge on any atom is 0.294 e. The molecule has 1 aliphatic rings. The SMILES string of the molecule is Cc1cc(C)c2c(n1)sc1c(=O)n3c(nc12)N(c1ccccc1)N=C(C(=O)Nc1ccccc1)N3. The third-order valence-corrected chi connectivity index (χ3v) is 6.69. The zero-order valence-corrected chi connectivity index (χ0v) is 19.6. The molecule has 0 saturated heterocycles. The zero-order valence-electron chi connectivity index (χ0n) is 18.8. The van der Waals surface area contributed by atoms with Crippen LogP contribution in [0.25, 0.3) is 20.4 Å². The highest BCUT2D eigenvalue weighted by atomic mass is 32.1. The molecule has 2 N–H and O–H groups in total. The van der Waals surface area contributed by atoms with Crippen LogP contribution in [0.2, 0.25) is 0 Å². The Balaban J connectivity index is 1.55. The number of hydrogen-bond donors (Lipinski definition) is 2. The number of amides is 1. The molecule has 172 valence electrons. The number of carbonyl (C=O) groups excluding carboxylic acids is 1. The zero-order chi connectivity index (χ0) is 24.1. The molecular weight excluding hydrogens is 462 g/mol. The van der Waals surface area contributed by atoms with Gasteiger partial charge < -0.3 is 5.32 Å². The predicted molar refractivity (Wildman–Crippen MR) is 139 cm³/mol. The van der Waals surface area contributed by atoms with E-state index in [9.17, 15) is 9.59 Å². The number of pyridine rings is 1. The van der Waals surface area contributed by atoms with Gasteiger partial charge in [-0.3, -0.25) is 15.0 Å². The third kappa shape index (κ3) is 3.51. The van der Waals surface area contributed by atoms with Crippen LogP contribution < -0.4 is 21.3 Å². The monoisotopic (exact) mass is 481 g/mol. The van der Waals surface area contributed by atoms with Crippen molar-refractivity contribution in [2.45, 2.75) is 13.8 Å². The maximum atomic E-state index is 13.7. The van der Waals surface area contributed by atoms with E-state index in [1.807, 2.05) is 68.4 Å². The average molecular weight is 482 g/mol. The molecule has 0 aliphatic carbocycles. The molecule has 3 aromatic heterocycles. The number of nitrogens with zero attached hydrogens (tertiary/aromatic N) is 5. The number of fused-ring (bicyclic) bond motifs is 4. The van der Waals surface area contributed by atoms with E-state index < -0.39 is 5.91 Å². The van der Waals surface area contributed by atoms with Crippen molar-refractivity contribution in [2.24, 2.45) is 5.10 Å². The van der Waals surface area contributed by atoms with Gasteiger partial charge >= 0.3 is 0 Å². The second kappa shape index (κ2) is 8.03. The van der Waals surface area contributed by atoms with Gasteiger partial charge in [0.1, 0.15) is 15.0 Å². The van der Waals surface area contributed by atoms with Crippen LogP contribution in [0.3, 0.4) is 0 Å². The van der Waals surface area contributed by atoms with Crippen molar-refractivity contribution < 1.29 is 4.79 Å². The molecule has 0 bridgehead atoms. The largest absolute Gasteiger partial charge is 0.319 e. The lowest BCUT2D eigenvalue weighted by Crippen LogP contribution is -2.46. The number of para-hydroxylation sites is 2. The first-order valence-corrected chi connectivity index (χ1v) is 11.7. The van der Waals surface area contributed by atoms with Gasteiger partial charge in [-0.25, -0.2) is 9.97 Å². The fraction of sp³-hybridized carbons (Fsp3) is 0.0800. The molecule has 0 atom stereocenters. The lowest BCUT2D eigenvalue weighted by atomic mass is 10.1. The first-order valence-electron chi connectivity index (χ1n) is 10.9. The minimum atomic E-state index is -0.487. The van der Waals surface area contributed by atoms with Crippen molar-refractivity contribution in [3.8, 4) is 0 Å². The number of aryl methyl sites for hydroxylation is 2. The van der Waals surface area contributed by atoms with Gasteiger partial charge in [-0.1, -0.05) is 36.4 Å². The van der Waals surface area contributed by atoms with Crippen LogP contribution in [0, 0.1) is 13.8 Å². The first kappa shape index (κ1) is 21.0. The Kier molecular flexibility index (Phi) is 4.82. The summed E-state index contributed by atoms with van der Waals surface area (Å²) < 4.78 is 1.72. The molecule has 0 unspecified atom stereocenters. The predicted octanol–water partition coefficient (Wildman–Crippen LogP) is 4.27. The van der Waals surface area contributed by atoms with Gasteiger partial charge in [0.25, 0.3) is 17.4 Å². The summed E-state index contributed by atoms with van der Waals surface area (Å²) in [5.41, 5.74) is 6.25. The van der Waals surface area contributed by atoms with Gasteiger partial charge in [0.2, 0.25) is 5.84 Å². The smallest absolute Gasteiger partial charge is 0.294 e. The second-order valence-corrected chi connectivity index (χ2v) is 9.12. The fourth-order valence-corrected chi connectivity index (χ4v) is 5.25. The van der Waals surface area contributed by atoms with Gasteiger partial charge in [-0.2, -0.15) is 9.69 Å². The van der Waals surface area contributed by atoms with E-state index in [1.165, 1.54) is 21.0 Å². The maximum absolute atomic E-state index is 13.7. The van der Waals surface area contributed by atoms with Crippen LogP contribution in [0.15, 0.2) is 76.6 Å². The Morgan fingerprint density at radius 1 is 1.00 bits per heavy atom. The van der Waals surface area contributed by atoms with Crippen LogP contribution in [0.5, 0.6) is 0 Å². The molecule has 1 aliphatic heterocycles. The highest BCUT2D eigenvalue weighted by Crippen LogP contribution is 2.34. The van der Waals surface area contributed by atoms with Crippen molar-refractivity contribution >= 4 is 60.8 Å². The van der Waals surface area contributed by atoms with Gasteiger partial charge in [0.15, 0.2) is 0 Å². The summed E-state index contributed by atoms with van der Waals surface area (Å²) in [5.74, 6) is -0.274. The first-order chi connectivity index (χ1) is 17.0. The minimum absolute atomic E-state index is 0.0419. The number of thiophene rings is 1. The molecule has 1 amide bonds. The highest BCUT2D eigenvalue weighted by Gasteiger charge is 2.29. The molecule has 0 fully saturated rings. The molecule has 35 heavy (non-hydrogen) atoms. The number of carbonyl (C=O) groups is 1. The molecule has 6 rings (SSSR count). The van der Waals surface area contributed by atoms with Crippen molar-refractivity contribution in [3.63, 3.8) is 0 Å². The number of nitrogens with one attached hydrogen (secondary N) is 2. The molecule has 9 nitrogen and oxygen atoms in total. The lowest BCUT2D eigenvalue weighted by Gasteiger charge is -2.27. The van der Waals surface area contributed by atoms with Gasteiger partial charge in [0, 0.05) is 16.8 Å². The molecule has 0 spiro atoms. The summed E-state index contributed by atoms with van der Waals surface area (Å²) in [5, 5.41) is 9.68. The van der Waals surface area contributed by atoms with E-state index >= 15 is 0 Å². The Hall–Kier alpha value is -4.57. The van der Waals surface area contributed by atoms with Crippen LogP contribution in [-0.4, -0.2) is 26.4 Å². The Morgan fingerprint density at radius 3 is 2.46 bits per heavy atom. The molecule has 4 heterocycles. The molecule has 0 saturated carbocycles. The van der Waals surface area contributed by atoms with E-state index in [-0.39, 0.29) is 17.3 Å². The van der Waals surface area contributed by atoms with E-state index in [4.69, 9.17) is 4.98 Å². The molecule has 10 heteroatoms. The Labute approximate surface area is 203 Å². The van der Waals surface area contributed by atoms with E-state index in [0.29, 0.717) is 21.6 Å². The summed E-state index contributed by atoms with van der Waals surface area (Å²) in [6.45, 7) is 3.91. The Morgan fingerprint density at radius 2 is 1.71 bits per heavy atom. The van der Waals surface area contributed by atoms with Gasteiger partial charge in [-0.15, -0.1) is 16.4 Å². The normalized spacial score (nSPS) is 12.9. The van der Waals surface area contributed by atoms with E-state index in [2.05, 4.69) is 20.8 Å². The number of hydrazone groups is 1. The number of hydrogen-bond acceptors (Lipinski definition) is 8. The van der Waals surface area contributed by atoms with E-state index in [0.717, 1.165) is 21.5 Å². The summed E-state index contributed by atoms with van der Waals surface area (Å²) in [6, 6.07) is 20.3. The topological polar surface area (TPSA) is 105 Å². The molecule has 0 radical (unpaired) electrons. The van der Waals surface area contributed by atoms with Crippen molar-refractivity contribution in [2.75, 3.05) is 15.8 Å². The van der Waals surface area contributed by atoms with Crippen LogP contribution in [-0.2, 0) is 4.79 Å². The molecule has 2 aromatic carbocycles. The number of amidine groups is 1. The van der Waals surface area contributed by atoms with Crippen molar-refractivity contribution in [3.05, 3.63) is 88.3 Å². The van der Waals surface area contributed by atoms with Crippen LogP contribution in [0.4, 0.5) is 17.3 Å². The van der Waals surface area contributed by atoms with Crippen LogP contribution >= 0.6 is 11.3 Å². The van der Waals surface area contributed by atoms with Crippen molar-refractivity contribution in [1.82, 2.24) is 14.6 Å². The van der Waals surface area contributed by atoms with Gasteiger partial charge in [0.05, 0.1) is 5.69 Å². The molecule has 5 aromatic rings. The average Bonchev–Trinajstić information content (AvgIpc) is 3.23. The summed E-state index contributed by atoms with van der Waals surface area (Å²) in [7, 11) is 0. The quantitative estimate of drug-likeness (QED) is 0.399. The minimum Gasteiger partial charge on any atom is -0.319 e. The second-order valence-electron chi connectivity index (χ2n) is 8.12. The fourth-order valence-electron chi connectivity index (χ4n) is 4.08. The summed E-state index contributed by atoms with van der Waals surface area (Å²) in [4.78, 5) is 37.0. The van der Waals surface area contributed by atoms with E-state index in [1.54, 1.807) is 12.1 Å². The number of aromatic nitrogens is 3. The van der Waals surface area contributed by atoms with Crippen molar-refractivity contribution in [1.29, 1.82) is 0 Å². The number of rotatable bonds is 3. The third-order valence-electron chi connectivity index (χ3n) is 5.63. The summed E-state index contributed by atoms with van der Waals surface area (Å²) in [6.07, 6.45) is 0. The number of benzene rings is 2. The van der Waals surface area contributed by atoms with Gasteiger partial charge in [-0.05, 0) is 49.7 Å².